The van der Waals surface area contributed by atoms with Gasteiger partial charge in [0.1, 0.15) is 10.7 Å². The van der Waals surface area contributed by atoms with Crippen LogP contribution in [0.5, 0.6) is 0 Å². The number of likely N-dealkylation sites (N-methyl/N-ethyl adjacent to an activating group) is 1. The second-order valence-electron chi connectivity index (χ2n) is 11.9. The highest BCUT2D eigenvalue weighted by atomic mass is 35.5. The van der Waals surface area contributed by atoms with Gasteiger partial charge in [0, 0.05) is 32.1 Å². The average Bonchev–Trinajstić information content (AvgIpc) is 3.31. The number of nitrogens with zero attached hydrogens (tertiary/aromatic N) is 1. The number of β-amino-alcohol motifs (C(OH)–C–C–N with tert-alkyl or cyclic N) is 1. The lowest BCUT2D eigenvalue weighted by molar-refractivity contribution is -0.136. The number of carbonyl (C=O) groups is 1. The Labute approximate surface area is 262 Å². The maximum Gasteiger partial charge on any atom is 0.303 e. The van der Waals surface area contributed by atoms with Gasteiger partial charge >= 0.3 is 5.97 Å². The summed E-state index contributed by atoms with van der Waals surface area (Å²) in [6.45, 7) is 4.17. The van der Waals surface area contributed by atoms with Crippen molar-refractivity contribution >= 4 is 39.2 Å². The van der Waals surface area contributed by atoms with Crippen molar-refractivity contribution in [3.8, 4) is 11.1 Å². The summed E-state index contributed by atoms with van der Waals surface area (Å²) in [5, 5.41) is 22.9. The molecule has 0 radical (unpaired) electrons. The van der Waals surface area contributed by atoms with Crippen LogP contribution in [-0.2, 0) is 34.1 Å². The summed E-state index contributed by atoms with van der Waals surface area (Å²) in [4.78, 5) is 10.8. The third kappa shape index (κ3) is 8.35. The van der Waals surface area contributed by atoms with Crippen molar-refractivity contribution in [2.24, 2.45) is 5.92 Å². The third-order valence-electron chi connectivity index (χ3n) is 7.87. The zero-order valence-corrected chi connectivity index (χ0v) is 26.7. The van der Waals surface area contributed by atoms with Crippen molar-refractivity contribution in [1.29, 1.82) is 0 Å². The monoisotopic (exact) mass is 650 g/mol. The van der Waals surface area contributed by atoms with Crippen LogP contribution in [0.1, 0.15) is 43.4 Å². The van der Waals surface area contributed by atoms with E-state index in [2.05, 4.69) is 43.4 Å². The molecule has 0 aliphatic heterocycles. The molecule has 232 valence electrons. The topological polar surface area (TPSA) is 107 Å². The quantitative estimate of drug-likeness (QED) is 0.210. The van der Waals surface area contributed by atoms with Crippen molar-refractivity contribution < 1.29 is 27.8 Å². The molecule has 7 nitrogen and oxygen atoms in total. The van der Waals surface area contributed by atoms with E-state index in [1.807, 2.05) is 0 Å². The van der Waals surface area contributed by atoms with Gasteiger partial charge in [0.05, 0.1) is 16.1 Å². The number of carboxylic acid groups (broad SMARTS) is 1. The summed E-state index contributed by atoms with van der Waals surface area (Å²) in [5.41, 5.74) is 3.85. The minimum absolute atomic E-state index is 0.0670. The SMILES string of the molecule is CN(C[C@H](O)CNC(C)(C)CC1Cc2ccccc2C1)S(=O)(=O)c1c(Cl)cc(-c2ccc(F)cc2CCC(=O)O)cc1Cl. The maximum absolute atomic E-state index is 13.9. The zero-order valence-electron chi connectivity index (χ0n) is 24.4. The van der Waals surface area contributed by atoms with Gasteiger partial charge in [0.25, 0.3) is 0 Å². The summed E-state index contributed by atoms with van der Waals surface area (Å²) in [7, 11) is -2.84. The number of fused-ring (bicyclic) bond motifs is 1. The molecule has 3 aromatic rings. The molecular weight excluding hydrogens is 614 g/mol. The Morgan fingerprint density at radius 2 is 1.70 bits per heavy atom. The fourth-order valence-corrected chi connectivity index (χ4v) is 8.21. The number of halogens is 3. The van der Waals surface area contributed by atoms with Crippen LogP contribution >= 0.6 is 23.2 Å². The molecule has 3 aromatic carbocycles. The predicted molar refractivity (Wildman–Crippen MR) is 168 cm³/mol. The largest absolute Gasteiger partial charge is 0.481 e. The van der Waals surface area contributed by atoms with Crippen molar-refractivity contribution in [1.82, 2.24) is 9.62 Å². The molecule has 43 heavy (non-hydrogen) atoms. The van der Waals surface area contributed by atoms with E-state index < -0.39 is 27.9 Å². The highest BCUT2D eigenvalue weighted by molar-refractivity contribution is 7.89. The first kappa shape index (κ1) is 33.4. The fraction of sp³-hybridized carbons (Fsp3) is 0.406. The molecule has 0 spiro atoms. The summed E-state index contributed by atoms with van der Waals surface area (Å²) >= 11 is 12.9. The zero-order chi connectivity index (χ0) is 31.5. The Morgan fingerprint density at radius 3 is 2.28 bits per heavy atom. The van der Waals surface area contributed by atoms with Crippen LogP contribution in [0.2, 0.25) is 10.0 Å². The van der Waals surface area contributed by atoms with Crippen molar-refractivity contribution in [2.75, 3.05) is 20.1 Å². The smallest absolute Gasteiger partial charge is 0.303 e. The normalized spacial score (nSPS) is 14.7. The number of hydrogen-bond donors (Lipinski definition) is 3. The number of aliphatic hydroxyl groups is 1. The molecule has 0 amide bonds. The van der Waals surface area contributed by atoms with Gasteiger partial charge in [0.2, 0.25) is 10.0 Å². The summed E-state index contributed by atoms with van der Waals surface area (Å²) in [6.07, 6.45) is 1.82. The molecule has 0 saturated heterocycles. The van der Waals surface area contributed by atoms with Crippen LogP contribution in [0.4, 0.5) is 4.39 Å². The van der Waals surface area contributed by atoms with E-state index in [0.29, 0.717) is 22.6 Å². The molecule has 4 rings (SSSR count). The van der Waals surface area contributed by atoms with Gasteiger partial charge in [-0.2, -0.15) is 4.31 Å². The molecule has 1 aliphatic rings. The fourth-order valence-electron chi connectivity index (χ4n) is 5.85. The molecule has 11 heteroatoms. The minimum Gasteiger partial charge on any atom is -0.481 e. The van der Waals surface area contributed by atoms with Gasteiger partial charge in [0.15, 0.2) is 0 Å². The molecule has 1 aliphatic carbocycles. The first-order chi connectivity index (χ1) is 20.2. The van der Waals surface area contributed by atoms with Gasteiger partial charge in [-0.15, -0.1) is 0 Å². The number of aliphatic hydroxyl groups excluding tert-OH is 1. The molecule has 3 N–H and O–H groups in total. The molecule has 0 unspecified atom stereocenters. The number of hydrogen-bond acceptors (Lipinski definition) is 5. The summed E-state index contributed by atoms with van der Waals surface area (Å²) < 4.78 is 41.9. The van der Waals surface area contributed by atoms with Crippen LogP contribution in [0.3, 0.4) is 0 Å². The molecule has 0 bridgehead atoms. The Kier molecular flexibility index (Phi) is 10.6. The van der Waals surface area contributed by atoms with Crippen LogP contribution in [0.15, 0.2) is 59.5 Å². The molecule has 0 fully saturated rings. The first-order valence-electron chi connectivity index (χ1n) is 14.1. The molecule has 0 aromatic heterocycles. The van der Waals surface area contributed by atoms with Crippen molar-refractivity contribution in [3.05, 3.63) is 87.2 Å². The maximum atomic E-state index is 13.9. The van der Waals surface area contributed by atoms with Gasteiger partial charge < -0.3 is 15.5 Å². The Bertz CT molecular complexity index is 1550. The number of sulfonamides is 1. The summed E-state index contributed by atoms with van der Waals surface area (Å²) in [5.74, 6) is -1.06. The van der Waals surface area contributed by atoms with Crippen molar-refractivity contribution in [2.45, 2.75) is 62.5 Å². The molecule has 0 heterocycles. The first-order valence-corrected chi connectivity index (χ1v) is 16.3. The Hall–Kier alpha value is -2.53. The van der Waals surface area contributed by atoms with E-state index in [-0.39, 0.29) is 46.4 Å². The number of rotatable bonds is 13. The van der Waals surface area contributed by atoms with Gasteiger partial charge in [-0.05, 0) is 97.5 Å². The molecule has 1 atom stereocenters. The van der Waals surface area contributed by atoms with Gasteiger partial charge in [-0.1, -0.05) is 53.5 Å². The number of aryl methyl sites for hydroxylation is 1. The second kappa shape index (κ2) is 13.6. The van der Waals surface area contributed by atoms with Crippen molar-refractivity contribution in [3.63, 3.8) is 0 Å². The lowest BCUT2D eigenvalue weighted by Gasteiger charge is -2.31. The predicted octanol–water partition coefficient (Wildman–Crippen LogP) is 5.97. The highest BCUT2D eigenvalue weighted by Gasteiger charge is 2.31. The van der Waals surface area contributed by atoms with Crippen LogP contribution in [0, 0.1) is 11.7 Å². The standard InChI is InChI=1S/C32H37Cl2FN2O5S/c1-32(2,17-20-12-21-6-4-5-7-22(21)13-20)36-18-26(38)19-37(3)43(41,42)31-28(33)15-24(16-29(31)34)27-10-9-25(35)14-23(27)8-11-30(39)40/h4-7,9-10,14-16,20,26,36,38H,8,11-13,17-19H2,1-3H3,(H,39,40)/t26-/m1/s1. The number of benzene rings is 3. The van der Waals surface area contributed by atoms with E-state index in [1.54, 1.807) is 0 Å². The van der Waals surface area contributed by atoms with E-state index >= 15 is 0 Å². The second-order valence-corrected chi connectivity index (χ2v) is 14.7. The average molecular weight is 652 g/mol. The Balaban J connectivity index is 1.41. The number of aliphatic carboxylic acids is 1. The van der Waals surface area contributed by atoms with Gasteiger partial charge in [-0.25, -0.2) is 12.8 Å². The number of nitrogens with one attached hydrogen (secondary N) is 1. The summed E-state index contributed by atoms with van der Waals surface area (Å²) in [6, 6.07) is 15.2. The lowest BCUT2D eigenvalue weighted by Crippen LogP contribution is -2.47. The minimum atomic E-state index is -4.19. The number of carboxylic acids is 1. The van der Waals surface area contributed by atoms with E-state index in [9.17, 15) is 22.7 Å². The lowest BCUT2D eigenvalue weighted by atomic mass is 9.88. The van der Waals surface area contributed by atoms with E-state index in [1.165, 1.54) is 48.5 Å². The third-order valence-corrected chi connectivity index (χ3v) is 10.6. The van der Waals surface area contributed by atoms with Gasteiger partial charge in [-0.3, -0.25) is 4.79 Å². The van der Waals surface area contributed by atoms with E-state index in [4.69, 9.17) is 28.3 Å². The molecular formula is C32H37Cl2FN2O5S. The molecule has 0 saturated carbocycles. The Morgan fingerprint density at radius 1 is 1.09 bits per heavy atom. The van der Waals surface area contributed by atoms with E-state index in [0.717, 1.165) is 23.6 Å². The van der Waals surface area contributed by atoms with Crippen LogP contribution in [0.25, 0.3) is 11.1 Å². The van der Waals surface area contributed by atoms with Crippen LogP contribution in [-0.4, -0.2) is 60.7 Å². The highest BCUT2D eigenvalue weighted by Crippen LogP contribution is 2.38. The van der Waals surface area contributed by atoms with Crippen LogP contribution < -0.4 is 5.32 Å².